The first-order chi connectivity index (χ1) is 12.6. The standard InChI is InChI=1S/C19H24N4O3/c24-17-14-6-8-23(19(26)12-3-4-12)10-15(14)20-16(21-17)13-5-7-22(9-13)18(25)11-1-2-11/h11-13H,1-10H2,(H,20,21,24)/t13-/m1/s1. The highest BCUT2D eigenvalue weighted by Crippen LogP contribution is 2.35. The lowest BCUT2D eigenvalue weighted by atomic mass is 10.0. The Hall–Kier alpha value is -2.18. The van der Waals surface area contributed by atoms with Gasteiger partial charge >= 0.3 is 0 Å². The van der Waals surface area contributed by atoms with Crippen molar-refractivity contribution in [2.24, 2.45) is 11.8 Å². The number of nitrogens with one attached hydrogen (secondary N) is 1. The van der Waals surface area contributed by atoms with Gasteiger partial charge in [0.15, 0.2) is 0 Å². The monoisotopic (exact) mass is 356 g/mol. The molecule has 4 aliphatic rings. The number of carbonyl (C=O) groups is 2. The van der Waals surface area contributed by atoms with E-state index in [1.807, 2.05) is 9.80 Å². The molecular weight excluding hydrogens is 332 g/mol. The highest BCUT2D eigenvalue weighted by Gasteiger charge is 2.38. The Balaban J connectivity index is 1.35. The fourth-order valence-corrected chi connectivity index (χ4v) is 4.20. The van der Waals surface area contributed by atoms with E-state index in [0.29, 0.717) is 31.9 Å². The van der Waals surface area contributed by atoms with Crippen molar-refractivity contribution in [1.82, 2.24) is 19.8 Å². The van der Waals surface area contributed by atoms with Crippen LogP contribution in [0.4, 0.5) is 0 Å². The van der Waals surface area contributed by atoms with Crippen LogP contribution < -0.4 is 5.56 Å². The van der Waals surface area contributed by atoms with Gasteiger partial charge in [0.2, 0.25) is 11.8 Å². The van der Waals surface area contributed by atoms with Crippen molar-refractivity contribution < 1.29 is 9.59 Å². The number of aromatic amines is 1. The summed E-state index contributed by atoms with van der Waals surface area (Å²) in [5.41, 5.74) is 1.39. The lowest BCUT2D eigenvalue weighted by molar-refractivity contribution is -0.133. The van der Waals surface area contributed by atoms with Gasteiger partial charge in [-0.15, -0.1) is 0 Å². The first kappa shape index (κ1) is 16.0. The fraction of sp³-hybridized carbons (Fsp3) is 0.684. The highest BCUT2D eigenvalue weighted by molar-refractivity contribution is 5.81. The first-order valence-corrected chi connectivity index (χ1v) is 9.79. The van der Waals surface area contributed by atoms with Crippen LogP contribution in [0, 0.1) is 11.8 Å². The molecule has 0 radical (unpaired) electrons. The van der Waals surface area contributed by atoms with Gasteiger partial charge in [0, 0.05) is 43.0 Å². The molecule has 3 fully saturated rings. The van der Waals surface area contributed by atoms with Gasteiger partial charge in [0.05, 0.1) is 12.2 Å². The Morgan fingerprint density at radius 3 is 2.35 bits per heavy atom. The molecule has 0 unspecified atom stereocenters. The van der Waals surface area contributed by atoms with Crippen LogP contribution in [-0.4, -0.2) is 51.2 Å². The fourth-order valence-electron chi connectivity index (χ4n) is 4.20. The average molecular weight is 356 g/mol. The van der Waals surface area contributed by atoms with E-state index in [1.54, 1.807) is 0 Å². The molecule has 1 N–H and O–H groups in total. The molecule has 1 aromatic rings. The van der Waals surface area contributed by atoms with Gasteiger partial charge < -0.3 is 14.8 Å². The Morgan fingerprint density at radius 1 is 0.962 bits per heavy atom. The number of H-pyrrole nitrogens is 1. The van der Waals surface area contributed by atoms with Crippen molar-refractivity contribution in [3.63, 3.8) is 0 Å². The molecule has 0 spiro atoms. The second-order valence-electron chi connectivity index (χ2n) is 8.20. The molecule has 2 saturated carbocycles. The maximum absolute atomic E-state index is 12.5. The van der Waals surface area contributed by atoms with Gasteiger partial charge in [-0.05, 0) is 38.5 Å². The summed E-state index contributed by atoms with van der Waals surface area (Å²) >= 11 is 0. The number of hydrogen-bond acceptors (Lipinski definition) is 4. The lowest BCUT2D eigenvalue weighted by Crippen LogP contribution is -2.40. The number of aromatic nitrogens is 2. The normalized spacial score (nSPS) is 25.3. The smallest absolute Gasteiger partial charge is 0.254 e. The maximum atomic E-state index is 12.5. The summed E-state index contributed by atoms with van der Waals surface area (Å²) < 4.78 is 0. The Bertz CT molecular complexity index is 825. The van der Waals surface area contributed by atoms with Crippen LogP contribution in [0.15, 0.2) is 4.79 Å². The molecule has 138 valence electrons. The number of nitrogens with zero attached hydrogens (tertiary/aromatic N) is 3. The molecule has 26 heavy (non-hydrogen) atoms. The minimum absolute atomic E-state index is 0.0736. The zero-order valence-corrected chi connectivity index (χ0v) is 14.9. The molecule has 2 aliphatic carbocycles. The van der Waals surface area contributed by atoms with Crippen LogP contribution in [0.2, 0.25) is 0 Å². The van der Waals surface area contributed by atoms with Crippen LogP contribution in [0.5, 0.6) is 0 Å². The van der Waals surface area contributed by atoms with Crippen molar-refractivity contribution in [2.75, 3.05) is 19.6 Å². The summed E-state index contributed by atoms with van der Waals surface area (Å²) in [6.07, 6.45) is 5.42. The number of likely N-dealkylation sites (tertiary alicyclic amines) is 1. The van der Waals surface area contributed by atoms with E-state index in [1.165, 1.54) is 0 Å². The molecule has 7 nitrogen and oxygen atoms in total. The van der Waals surface area contributed by atoms with Crippen molar-refractivity contribution in [3.8, 4) is 0 Å². The van der Waals surface area contributed by atoms with Gasteiger partial charge in [0.1, 0.15) is 5.82 Å². The third-order valence-corrected chi connectivity index (χ3v) is 6.14. The largest absolute Gasteiger partial charge is 0.342 e. The van der Waals surface area contributed by atoms with E-state index >= 15 is 0 Å². The van der Waals surface area contributed by atoms with Crippen LogP contribution in [0.3, 0.4) is 0 Å². The molecule has 5 rings (SSSR count). The Morgan fingerprint density at radius 2 is 1.65 bits per heavy atom. The van der Waals surface area contributed by atoms with Crippen molar-refractivity contribution in [1.29, 1.82) is 0 Å². The van der Waals surface area contributed by atoms with Gasteiger partial charge in [-0.1, -0.05) is 0 Å². The molecule has 1 aromatic heterocycles. The van der Waals surface area contributed by atoms with Gasteiger partial charge in [-0.3, -0.25) is 14.4 Å². The van der Waals surface area contributed by atoms with E-state index in [0.717, 1.165) is 49.9 Å². The third kappa shape index (κ3) is 2.83. The topological polar surface area (TPSA) is 86.4 Å². The van der Waals surface area contributed by atoms with E-state index in [-0.39, 0.29) is 35.1 Å². The van der Waals surface area contributed by atoms with Crippen LogP contribution >= 0.6 is 0 Å². The number of rotatable bonds is 3. The summed E-state index contributed by atoms with van der Waals surface area (Å²) in [6, 6.07) is 0. The number of amides is 2. The van der Waals surface area contributed by atoms with Gasteiger partial charge in [0.25, 0.3) is 5.56 Å². The third-order valence-electron chi connectivity index (χ3n) is 6.14. The summed E-state index contributed by atoms with van der Waals surface area (Å²) in [4.78, 5) is 48.6. The molecule has 2 aliphatic heterocycles. The minimum atomic E-state index is -0.0736. The molecule has 3 heterocycles. The van der Waals surface area contributed by atoms with E-state index in [2.05, 4.69) is 4.98 Å². The number of fused-ring (bicyclic) bond motifs is 1. The van der Waals surface area contributed by atoms with E-state index in [4.69, 9.17) is 4.98 Å². The second kappa shape index (κ2) is 5.93. The number of hydrogen-bond donors (Lipinski definition) is 1. The molecular formula is C19H24N4O3. The summed E-state index contributed by atoms with van der Waals surface area (Å²) in [6.45, 7) is 2.44. The maximum Gasteiger partial charge on any atom is 0.254 e. The average Bonchev–Trinajstić information content (AvgIpc) is 3.57. The summed E-state index contributed by atoms with van der Waals surface area (Å²) in [7, 11) is 0. The molecule has 1 atom stereocenters. The minimum Gasteiger partial charge on any atom is -0.342 e. The van der Waals surface area contributed by atoms with E-state index in [9.17, 15) is 14.4 Å². The SMILES string of the molecule is O=C(C1CC1)N1CCc2c(nc([C@@H]3CCN(C(=O)C4CC4)C3)[nH]c2=O)C1. The number of carbonyl (C=O) groups excluding carboxylic acids is 2. The molecule has 0 aromatic carbocycles. The second-order valence-corrected chi connectivity index (χ2v) is 8.20. The van der Waals surface area contributed by atoms with Crippen LogP contribution in [0.25, 0.3) is 0 Å². The Kier molecular flexibility index (Phi) is 3.65. The molecule has 0 bridgehead atoms. The molecule has 1 saturated heterocycles. The summed E-state index contributed by atoms with van der Waals surface area (Å²) in [5, 5.41) is 0. The Labute approximate surface area is 151 Å². The quantitative estimate of drug-likeness (QED) is 0.868. The van der Waals surface area contributed by atoms with Gasteiger partial charge in [-0.2, -0.15) is 0 Å². The van der Waals surface area contributed by atoms with Crippen molar-refractivity contribution >= 4 is 11.8 Å². The first-order valence-electron chi connectivity index (χ1n) is 9.79. The summed E-state index contributed by atoms with van der Waals surface area (Å²) in [5.74, 6) is 1.65. The molecule has 7 heteroatoms. The highest BCUT2D eigenvalue weighted by atomic mass is 16.2. The van der Waals surface area contributed by atoms with Gasteiger partial charge in [-0.25, -0.2) is 4.98 Å². The zero-order chi connectivity index (χ0) is 17.8. The van der Waals surface area contributed by atoms with Crippen molar-refractivity contribution in [2.45, 2.75) is 51.0 Å². The zero-order valence-electron chi connectivity index (χ0n) is 14.9. The predicted molar refractivity (Wildman–Crippen MR) is 93.4 cm³/mol. The molecule has 2 amide bonds. The predicted octanol–water partition coefficient (Wildman–Crippen LogP) is 0.790. The van der Waals surface area contributed by atoms with Crippen LogP contribution in [0.1, 0.15) is 55.1 Å². The van der Waals surface area contributed by atoms with E-state index < -0.39 is 0 Å². The van der Waals surface area contributed by atoms with Crippen molar-refractivity contribution in [3.05, 3.63) is 27.4 Å². The van der Waals surface area contributed by atoms with Crippen LogP contribution in [-0.2, 0) is 22.6 Å². The lowest BCUT2D eigenvalue weighted by Gasteiger charge is -2.28.